The molecule has 11 atom stereocenters. The van der Waals surface area contributed by atoms with Gasteiger partial charge >= 0.3 is 30.2 Å². The maximum atomic E-state index is 13.8. The quantitative estimate of drug-likeness (QED) is 0.0913. The standard InChI is InChI=1S/C42H44Cl3NO18/c1-22(47)53-19-29-32(56-23(2)48)34(57-24(3)49)31(46-40(50)55-21-42(43,44)45)38(60-29)63-36-35(64-41(51)59-27-13-9-6-10-14-27)33-30(20-54-37(62-33)25-11-7-5-8-12-25)61-39(36)58-28-17-15-26(52-4)16-18-28/h5-18,29-39H,19-21H2,1-4H3,(H,46,50)/t29?,30?,31-,32+,33-,34?,35-,36?,37?,38-,39+/m0/s1. The minimum Gasteiger partial charge on any atom is -0.497 e. The second-order valence-electron chi connectivity index (χ2n) is 14.2. The summed E-state index contributed by atoms with van der Waals surface area (Å²) < 4.78 is 75.0. The van der Waals surface area contributed by atoms with E-state index in [9.17, 15) is 24.0 Å². The first-order chi connectivity index (χ1) is 30.6. The Kier molecular flexibility index (Phi) is 16.8. The van der Waals surface area contributed by atoms with E-state index in [2.05, 4.69) is 5.32 Å². The zero-order chi connectivity index (χ0) is 46.0. The third kappa shape index (κ3) is 13.5. The fraction of sp³-hybridized carbons (Fsp3) is 0.452. The van der Waals surface area contributed by atoms with Gasteiger partial charge in [-0.1, -0.05) is 83.3 Å². The van der Waals surface area contributed by atoms with Crippen LogP contribution in [0.1, 0.15) is 32.6 Å². The van der Waals surface area contributed by atoms with Crippen molar-refractivity contribution in [3.05, 3.63) is 90.5 Å². The Hall–Kier alpha value is -5.12. The second kappa shape index (κ2) is 22.2. The van der Waals surface area contributed by atoms with Crippen molar-refractivity contribution in [2.75, 3.05) is 26.9 Å². The molecular weight excluding hydrogens is 913 g/mol. The number of halogens is 3. The van der Waals surface area contributed by atoms with Gasteiger partial charge in [-0.05, 0) is 36.4 Å². The van der Waals surface area contributed by atoms with Crippen LogP contribution >= 0.6 is 34.8 Å². The van der Waals surface area contributed by atoms with Gasteiger partial charge in [-0.3, -0.25) is 14.4 Å². The first-order valence-electron chi connectivity index (χ1n) is 19.6. The van der Waals surface area contributed by atoms with E-state index >= 15 is 0 Å². The van der Waals surface area contributed by atoms with Gasteiger partial charge < -0.3 is 66.9 Å². The van der Waals surface area contributed by atoms with Crippen LogP contribution in [0, 0.1) is 0 Å². The number of carbonyl (C=O) groups excluding carboxylic acids is 5. The molecule has 1 amide bonds. The molecule has 3 aromatic rings. The summed E-state index contributed by atoms with van der Waals surface area (Å²) in [6.07, 6.45) is -16.8. The average molecular weight is 957 g/mol. The lowest BCUT2D eigenvalue weighted by Crippen LogP contribution is -2.70. The zero-order valence-electron chi connectivity index (χ0n) is 34.5. The van der Waals surface area contributed by atoms with E-state index in [1.54, 1.807) is 72.8 Å². The number of hydrogen-bond donors (Lipinski definition) is 1. The van der Waals surface area contributed by atoms with Gasteiger partial charge in [-0.15, -0.1) is 0 Å². The van der Waals surface area contributed by atoms with E-state index in [0.29, 0.717) is 11.3 Å². The molecule has 0 aromatic heterocycles. The highest BCUT2D eigenvalue weighted by Crippen LogP contribution is 2.40. The SMILES string of the molecule is COc1ccc(O[C@@H]2OC3COC(c4ccccc4)O[C@@H]3[C@H](OC(=O)Oc3ccccc3)C2O[C@@H]2OC(COC(C)=O)[C@@H](OC(C)=O)C(OC(C)=O)[C@@H]2NC(=O)OCC(Cl)(Cl)Cl)cc1. The maximum Gasteiger partial charge on any atom is 0.514 e. The van der Waals surface area contributed by atoms with Crippen LogP contribution < -0.4 is 19.5 Å². The Bertz CT molecular complexity index is 2040. The van der Waals surface area contributed by atoms with Gasteiger partial charge in [0.05, 0.1) is 13.7 Å². The largest absolute Gasteiger partial charge is 0.514 e. The first kappa shape index (κ1) is 48.3. The van der Waals surface area contributed by atoms with E-state index < -0.39 is 115 Å². The lowest BCUT2D eigenvalue weighted by molar-refractivity contribution is -0.377. The number of nitrogens with one attached hydrogen (secondary N) is 1. The van der Waals surface area contributed by atoms with Crippen LogP contribution in [-0.4, -0.2) is 122 Å². The van der Waals surface area contributed by atoms with Crippen LogP contribution in [0.3, 0.4) is 0 Å². The summed E-state index contributed by atoms with van der Waals surface area (Å²) in [4.78, 5) is 64.6. The molecule has 3 aromatic carbocycles. The average Bonchev–Trinajstić information content (AvgIpc) is 3.25. The lowest BCUT2D eigenvalue weighted by Gasteiger charge is -2.50. The van der Waals surface area contributed by atoms with Crippen LogP contribution in [0.15, 0.2) is 84.9 Å². The molecule has 19 nitrogen and oxygen atoms in total. The molecule has 0 saturated carbocycles. The van der Waals surface area contributed by atoms with Crippen molar-refractivity contribution in [1.82, 2.24) is 5.32 Å². The van der Waals surface area contributed by atoms with E-state index in [4.69, 9.17) is 96.4 Å². The molecule has 3 fully saturated rings. The molecule has 0 aliphatic carbocycles. The third-order valence-electron chi connectivity index (χ3n) is 9.49. The van der Waals surface area contributed by atoms with E-state index in [1.165, 1.54) is 19.2 Å². The molecule has 0 bridgehead atoms. The smallest absolute Gasteiger partial charge is 0.497 e. The minimum atomic E-state index is -2.05. The number of methoxy groups -OCH3 is 1. The summed E-state index contributed by atoms with van der Waals surface area (Å²) in [6, 6.07) is 21.7. The normalized spacial score (nSPS) is 27.6. The minimum absolute atomic E-state index is 0.102. The van der Waals surface area contributed by atoms with Crippen molar-refractivity contribution in [2.24, 2.45) is 0 Å². The number of esters is 3. The van der Waals surface area contributed by atoms with Gasteiger partial charge in [-0.25, -0.2) is 9.59 Å². The van der Waals surface area contributed by atoms with E-state index in [0.717, 1.165) is 20.8 Å². The topological polar surface area (TPSA) is 217 Å². The van der Waals surface area contributed by atoms with E-state index in [1.807, 2.05) is 0 Å². The van der Waals surface area contributed by atoms with Crippen molar-refractivity contribution >= 4 is 65.0 Å². The van der Waals surface area contributed by atoms with Gasteiger partial charge in [0, 0.05) is 26.3 Å². The number of benzene rings is 3. The van der Waals surface area contributed by atoms with Crippen molar-refractivity contribution in [3.8, 4) is 17.2 Å². The van der Waals surface area contributed by atoms with Gasteiger partial charge in [-0.2, -0.15) is 0 Å². The summed E-state index contributed by atoms with van der Waals surface area (Å²) in [6.45, 7) is 1.80. The molecule has 22 heteroatoms. The molecule has 0 radical (unpaired) electrons. The summed E-state index contributed by atoms with van der Waals surface area (Å²) in [5.41, 5.74) is 0.614. The summed E-state index contributed by atoms with van der Waals surface area (Å²) >= 11 is 17.5. The number of hydrogen-bond acceptors (Lipinski definition) is 18. The number of alkyl halides is 3. The van der Waals surface area contributed by atoms with Crippen LogP contribution in [0.4, 0.5) is 9.59 Å². The highest BCUT2D eigenvalue weighted by molar-refractivity contribution is 6.67. The second-order valence-corrected chi connectivity index (χ2v) is 16.7. The molecule has 3 aliphatic heterocycles. The molecule has 346 valence electrons. The molecular formula is C42H44Cl3NO18. The summed E-state index contributed by atoms with van der Waals surface area (Å²) in [7, 11) is 1.48. The Morgan fingerprint density at radius 1 is 0.688 bits per heavy atom. The highest BCUT2D eigenvalue weighted by atomic mass is 35.6. The molecule has 3 aliphatic rings. The van der Waals surface area contributed by atoms with Crippen molar-refractivity contribution in [1.29, 1.82) is 0 Å². The number of rotatable bonds is 14. The fourth-order valence-corrected chi connectivity index (χ4v) is 7.02. The predicted molar refractivity (Wildman–Crippen MR) is 219 cm³/mol. The Labute approximate surface area is 381 Å². The monoisotopic (exact) mass is 955 g/mol. The third-order valence-corrected chi connectivity index (χ3v) is 9.82. The molecule has 3 saturated heterocycles. The van der Waals surface area contributed by atoms with Gasteiger partial charge in [0.15, 0.2) is 37.0 Å². The van der Waals surface area contributed by atoms with Crippen molar-refractivity contribution in [2.45, 2.75) is 92.2 Å². The Morgan fingerprint density at radius 3 is 1.95 bits per heavy atom. The molecule has 5 unspecified atom stereocenters. The Balaban J connectivity index is 1.45. The van der Waals surface area contributed by atoms with Crippen LogP contribution in [0.2, 0.25) is 0 Å². The molecule has 3 heterocycles. The number of alkyl carbamates (subject to hydrolysis) is 1. The lowest BCUT2D eigenvalue weighted by atomic mass is 9.94. The zero-order valence-corrected chi connectivity index (χ0v) is 36.8. The predicted octanol–water partition coefficient (Wildman–Crippen LogP) is 5.50. The van der Waals surface area contributed by atoms with Crippen LogP contribution in [-0.2, 0) is 61.8 Å². The van der Waals surface area contributed by atoms with Gasteiger partial charge in [0.1, 0.15) is 54.8 Å². The number of para-hydroxylation sites is 1. The molecule has 6 rings (SSSR count). The number of fused-ring (bicyclic) bond motifs is 1. The fourth-order valence-electron chi connectivity index (χ4n) is 6.86. The Morgan fingerprint density at radius 2 is 1.33 bits per heavy atom. The van der Waals surface area contributed by atoms with Crippen molar-refractivity contribution < 1.29 is 85.6 Å². The number of carbonyl (C=O) groups is 5. The molecule has 1 N–H and O–H groups in total. The maximum absolute atomic E-state index is 13.8. The summed E-state index contributed by atoms with van der Waals surface area (Å²) in [5.74, 6) is -1.68. The van der Waals surface area contributed by atoms with Crippen LogP contribution in [0.25, 0.3) is 0 Å². The summed E-state index contributed by atoms with van der Waals surface area (Å²) in [5, 5.41) is 2.48. The van der Waals surface area contributed by atoms with E-state index in [-0.39, 0.29) is 18.1 Å². The number of amides is 1. The molecule has 0 spiro atoms. The first-order valence-corrected chi connectivity index (χ1v) is 20.7. The van der Waals surface area contributed by atoms with Crippen molar-refractivity contribution in [3.63, 3.8) is 0 Å². The number of ether oxygens (including phenoxy) is 13. The van der Waals surface area contributed by atoms with Gasteiger partial charge in [0.25, 0.3) is 0 Å². The van der Waals surface area contributed by atoms with Crippen LogP contribution in [0.5, 0.6) is 17.2 Å². The van der Waals surface area contributed by atoms with Gasteiger partial charge in [0.2, 0.25) is 10.1 Å². The highest BCUT2D eigenvalue weighted by Gasteiger charge is 2.58. The molecule has 64 heavy (non-hydrogen) atoms.